The van der Waals surface area contributed by atoms with Gasteiger partial charge in [0.2, 0.25) is 0 Å². The summed E-state index contributed by atoms with van der Waals surface area (Å²) in [5, 5.41) is 6.11. The molecule has 5 rings (SSSR count). The number of halogens is 2. The summed E-state index contributed by atoms with van der Waals surface area (Å²) in [6.45, 7) is 0. The van der Waals surface area contributed by atoms with E-state index in [9.17, 15) is 0 Å². The van der Waals surface area contributed by atoms with Gasteiger partial charge in [-0.15, -0.1) is 0 Å². The topological polar surface area (TPSA) is 65.1 Å². The van der Waals surface area contributed by atoms with Crippen LogP contribution in [0.1, 0.15) is 10.9 Å². The minimum absolute atomic E-state index is 0.0554. The van der Waals surface area contributed by atoms with Gasteiger partial charge in [0, 0.05) is 16.7 Å². The van der Waals surface area contributed by atoms with Crippen LogP contribution in [0.5, 0.6) is 5.75 Å². The van der Waals surface area contributed by atoms with Crippen molar-refractivity contribution in [3.63, 3.8) is 0 Å². The van der Waals surface area contributed by atoms with E-state index in [4.69, 9.17) is 32.5 Å². The van der Waals surface area contributed by atoms with Gasteiger partial charge in [0.1, 0.15) is 22.5 Å². The van der Waals surface area contributed by atoms with E-state index < -0.39 is 0 Å². The monoisotopic (exact) mass is 444 g/mol. The summed E-state index contributed by atoms with van der Waals surface area (Å²) in [4.78, 5) is 4.67. The molecule has 0 aliphatic carbocycles. The van der Waals surface area contributed by atoms with Crippen LogP contribution in [0.3, 0.4) is 0 Å². The molecule has 1 aliphatic heterocycles. The second kappa shape index (κ2) is 7.33. The van der Waals surface area contributed by atoms with E-state index in [1.54, 1.807) is 31.0 Å². The Bertz CT molecular complexity index is 1180. The van der Waals surface area contributed by atoms with Crippen LogP contribution < -0.4 is 10.2 Å². The Balaban J connectivity index is 1.38. The summed E-state index contributed by atoms with van der Waals surface area (Å²) in [7, 11) is 1.66. The average molecular weight is 445 g/mol. The van der Waals surface area contributed by atoms with Gasteiger partial charge < -0.3 is 14.7 Å². The zero-order valence-corrected chi connectivity index (χ0v) is 17.4. The lowest BCUT2D eigenvalue weighted by molar-refractivity contribution is 0.414. The van der Waals surface area contributed by atoms with Crippen molar-refractivity contribution in [3.8, 4) is 28.5 Å². The Labute approximate surface area is 180 Å². The molecule has 1 unspecified atom stereocenters. The van der Waals surface area contributed by atoms with E-state index in [1.165, 1.54) is 0 Å². The molecule has 6 nitrogen and oxygen atoms in total. The predicted molar refractivity (Wildman–Crippen MR) is 114 cm³/mol. The summed E-state index contributed by atoms with van der Waals surface area (Å²) < 4.78 is 12.7. The molecule has 0 bridgehead atoms. The number of benzene rings is 2. The zero-order valence-electron chi connectivity index (χ0n) is 15.1. The minimum atomic E-state index is 0.0554. The molecule has 146 valence electrons. The smallest absolute Gasteiger partial charge is 0.189 e. The number of methoxy groups -OCH3 is 1. The molecular formula is C20H14Cl2N4O2S. The van der Waals surface area contributed by atoms with Gasteiger partial charge in [0.25, 0.3) is 0 Å². The second-order valence-corrected chi connectivity index (χ2v) is 8.30. The number of hydrogen-bond acceptors (Lipinski definition) is 6. The van der Waals surface area contributed by atoms with E-state index in [-0.39, 0.29) is 5.37 Å². The highest BCUT2D eigenvalue weighted by molar-refractivity contribution is 7.99. The molecule has 3 heterocycles. The first-order valence-corrected chi connectivity index (χ1v) is 10.3. The molecule has 1 atom stereocenters. The third-order valence-electron chi connectivity index (χ3n) is 4.52. The van der Waals surface area contributed by atoms with Crippen LogP contribution in [0.15, 0.2) is 64.4 Å². The number of hydrogen-bond donors (Lipinski definition) is 1. The first kappa shape index (κ1) is 18.4. The minimum Gasteiger partial charge on any atom is -0.497 e. The molecule has 0 saturated heterocycles. The maximum atomic E-state index is 6.27. The largest absolute Gasteiger partial charge is 0.497 e. The van der Waals surface area contributed by atoms with Crippen LogP contribution in [-0.4, -0.2) is 21.9 Å². The predicted octanol–water partition coefficient (Wildman–Crippen LogP) is 5.87. The van der Waals surface area contributed by atoms with Crippen LogP contribution >= 0.6 is 35.0 Å². The molecule has 0 radical (unpaired) electrons. The van der Waals surface area contributed by atoms with Gasteiger partial charge >= 0.3 is 0 Å². The lowest BCUT2D eigenvalue weighted by atomic mass is 10.1. The van der Waals surface area contributed by atoms with Gasteiger partial charge in [-0.3, -0.25) is 0 Å². The zero-order chi connectivity index (χ0) is 20.0. The SMILES string of the molecule is COc1cccc(C2Nn3cc(-c4cc(-c5ccc(Cl)cc5Cl)no4)nc3S2)c1. The molecule has 2 aromatic heterocycles. The van der Waals surface area contributed by atoms with Crippen molar-refractivity contribution in [2.45, 2.75) is 10.5 Å². The molecular weight excluding hydrogens is 431 g/mol. The number of aromatic nitrogens is 3. The van der Waals surface area contributed by atoms with E-state index >= 15 is 0 Å². The van der Waals surface area contributed by atoms with Gasteiger partial charge in [-0.1, -0.05) is 52.3 Å². The van der Waals surface area contributed by atoms with Crippen molar-refractivity contribution in [1.82, 2.24) is 14.8 Å². The fourth-order valence-corrected chi connectivity index (χ4v) is 4.62. The van der Waals surface area contributed by atoms with Crippen molar-refractivity contribution in [3.05, 3.63) is 70.3 Å². The Kier molecular flexibility index (Phi) is 4.66. The van der Waals surface area contributed by atoms with Crippen molar-refractivity contribution in [2.24, 2.45) is 0 Å². The quantitative estimate of drug-likeness (QED) is 0.424. The number of fused-ring (bicyclic) bond motifs is 1. The number of thioether (sulfide) groups is 1. The first-order valence-electron chi connectivity index (χ1n) is 8.70. The standard InChI is InChI=1S/C20H14Cl2N4O2S/c1-27-13-4-2-3-11(7-13)19-24-26-10-17(23-20(26)29-19)18-9-16(25-28-18)14-6-5-12(21)8-15(14)22/h2-10,19,24H,1H3. The van der Waals surface area contributed by atoms with Gasteiger partial charge in [-0.25, -0.2) is 9.66 Å². The lowest BCUT2D eigenvalue weighted by Gasteiger charge is -2.11. The maximum absolute atomic E-state index is 6.27. The van der Waals surface area contributed by atoms with Crippen molar-refractivity contribution < 1.29 is 9.26 Å². The van der Waals surface area contributed by atoms with E-state index in [0.29, 0.717) is 27.2 Å². The van der Waals surface area contributed by atoms with Crippen molar-refractivity contribution >= 4 is 35.0 Å². The highest BCUT2D eigenvalue weighted by atomic mass is 35.5. The Morgan fingerprint density at radius 2 is 2.03 bits per heavy atom. The second-order valence-electron chi connectivity index (χ2n) is 6.38. The van der Waals surface area contributed by atoms with Gasteiger partial charge in [0.15, 0.2) is 10.9 Å². The molecule has 2 aromatic carbocycles. The van der Waals surface area contributed by atoms with Crippen LogP contribution in [0.2, 0.25) is 10.0 Å². The summed E-state index contributed by atoms with van der Waals surface area (Å²) in [6, 6.07) is 15.0. The molecule has 1 aliphatic rings. The lowest BCUT2D eigenvalue weighted by Crippen LogP contribution is -2.11. The fraction of sp³-hybridized carbons (Fsp3) is 0.100. The molecule has 0 amide bonds. The Hall–Kier alpha value is -2.61. The molecule has 0 spiro atoms. The molecule has 4 aromatic rings. The summed E-state index contributed by atoms with van der Waals surface area (Å²) >= 11 is 13.9. The normalized spacial score (nSPS) is 15.2. The molecule has 29 heavy (non-hydrogen) atoms. The highest BCUT2D eigenvalue weighted by Crippen LogP contribution is 2.41. The van der Waals surface area contributed by atoms with Crippen LogP contribution in [-0.2, 0) is 0 Å². The van der Waals surface area contributed by atoms with Crippen LogP contribution in [0, 0.1) is 0 Å². The molecule has 0 saturated carbocycles. The molecule has 9 heteroatoms. The average Bonchev–Trinajstić information content (AvgIpc) is 3.42. The van der Waals surface area contributed by atoms with Gasteiger partial charge in [-0.05, 0) is 35.9 Å². The van der Waals surface area contributed by atoms with Crippen molar-refractivity contribution in [1.29, 1.82) is 0 Å². The van der Waals surface area contributed by atoms with Gasteiger partial charge in [-0.2, -0.15) is 0 Å². The summed E-state index contributed by atoms with van der Waals surface area (Å²) in [5.41, 5.74) is 6.59. The third-order valence-corrected chi connectivity index (χ3v) is 6.18. The molecule has 0 fully saturated rings. The number of nitrogens with zero attached hydrogens (tertiary/aromatic N) is 3. The highest BCUT2D eigenvalue weighted by Gasteiger charge is 2.27. The van der Waals surface area contributed by atoms with E-state index in [2.05, 4.69) is 21.6 Å². The fourth-order valence-electron chi connectivity index (χ4n) is 3.08. The van der Waals surface area contributed by atoms with Crippen LogP contribution in [0.4, 0.5) is 0 Å². The Morgan fingerprint density at radius 1 is 1.14 bits per heavy atom. The maximum Gasteiger partial charge on any atom is 0.189 e. The third kappa shape index (κ3) is 3.46. The Morgan fingerprint density at radius 3 is 2.83 bits per heavy atom. The molecule has 1 N–H and O–H groups in total. The number of ether oxygens (including phenoxy) is 1. The summed E-state index contributed by atoms with van der Waals surface area (Å²) in [6.07, 6.45) is 1.89. The van der Waals surface area contributed by atoms with Gasteiger partial charge in [0.05, 0.1) is 18.3 Å². The van der Waals surface area contributed by atoms with E-state index in [1.807, 2.05) is 41.2 Å². The number of nitrogens with one attached hydrogen (secondary N) is 1. The van der Waals surface area contributed by atoms with Crippen LogP contribution in [0.25, 0.3) is 22.7 Å². The van der Waals surface area contributed by atoms with E-state index in [0.717, 1.165) is 22.0 Å². The number of imidazole rings is 1. The van der Waals surface area contributed by atoms with Crippen molar-refractivity contribution in [2.75, 3.05) is 12.5 Å². The first-order chi connectivity index (χ1) is 14.1. The summed E-state index contributed by atoms with van der Waals surface area (Å²) in [5.74, 6) is 1.39. The number of rotatable bonds is 4.